The number of amides is 1. The van der Waals surface area contributed by atoms with Crippen molar-refractivity contribution in [3.63, 3.8) is 0 Å². The first-order valence-electron chi connectivity index (χ1n) is 7.48. The Hall–Kier alpha value is -2.01. The van der Waals surface area contributed by atoms with Gasteiger partial charge in [-0.05, 0) is 25.1 Å². The van der Waals surface area contributed by atoms with E-state index in [9.17, 15) is 4.79 Å². The van der Waals surface area contributed by atoms with Gasteiger partial charge in [-0.2, -0.15) is 0 Å². The number of oxazole rings is 1. The number of aromatic nitrogens is 1. The van der Waals surface area contributed by atoms with Gasteiger partial charge in [-0.15, -0.1) is 0 Å². The molecule has 0 aliphatic heterocycles. The molecule has 0 unspecified atom stereocenters. The molecule has 3 N–H and O–H groups in total. The highest BCUT2D eigenvalue weighted by Gasteiger charge is 2.22. The molecule has 5 nitrogen and oxygen atoms in total. The number of hydrogen-bond donors (Lipinski definition) is 2. The predicted molar refractivity (Wildman–Crippen MR) is 92.8 cm³/mol. The van der Waals surface area contributed by atoms with E-state index in [2.05, 4.69) is 10.3 Å². The summed E-state index contributed by atoms with van der Waals surface area (Å²) in [5, 5.41) is 3.20. The lowest BCUT2D eigenvalue weighted by Crippen LogP contribution is -2.13. The smallest absolute Gasteiger partial charge is 0.224 e. The molecule has 1 heterocycles. The Bertz CT molecular complexity index is 717. The molecule has 23 heavy (non-hydrogen) atoms. The second-order valence-electron chi connectivity index (χ2n) is 6.57. The number of nitrogens with two attached hydrogens (primary N) is 1. The zero-order chi connectivity index (χ0) is 17.2. The summed E-state index contributed by atoms with van der Waals surface area (Å²) in [6, 6.07) is 4.98. The molecule has 0 radical (unpaired) electrons. The number of nitrogens with one attached hydrogen (secondary N) is 1. The van der Waals surface area contributed by atoms with Crippen molar-refractivity contribution in [1.82, 2.24) is 4.98 Å². The molecule has 124 valence electrons. The van der Waals surface area contributed by atoms with Crippen LogP contribution in [0.15, 0.2) is 22.6 Å². The third kappa shape index (κ3) is 4.48. The number of aryl methyl sites for hydroxylation is 2. The molecule has 6 heteroatoms. The molecule has 1 aromatic carbocycles. The summed E-state index contributed by atoms with van der Waals surface area (Å²) < 4.78 is 5.79. The summed E-state index contributed by atoms with van der Waals surface area (Å²) in [5.41, 5.74) is 7.41. The number of nitrogen functional groups attached to an aromatic ring is 1. The zero-order valence-corrected chi connectivity index (χ0v) is 14.6. The minimum Gasteiger partial charge on any atom is -0.445 e. The van der Waals surface area contributed by atoms with Crippen molar-refractivity contribution in [2.75, 3.05) is 11.1 Å². The quantitative estimate of drug-likeness (QED) is 0.824. The lowest BCUT2D eigenvalue weighted by Gasteiger charge is -2.12. The average Bonchev–Trinajstić information content (AvgIpc) is 2.81. The standard InChI is InChI=1S/C17H22ClN3O2/c1-10-14(23-16(20-10)17(2,3)4)7-8-15(22)21-13-6-5-11(19)9-12(13)18/h5-6,9H,7-8,19H2,1-4H3,(H,21,22). The van der Waals surface area contributed by atoms with Gasteiger partial charge in [0.1, 0.15) is 5.76 Å². The number of carbonyl (C=O) groups excluding carboxylic acids is 1. The van der Waals surface area contributed by atoms with Crippen LogP contribution in [0.1, 0.15) is 44.5 Å². The van der Waals surface area contributed by atoms with E-state index >= 15 is 0 Å². The van der Waals surface area contributed by atoms with Crippen molar-refractivity contribution < 1.29 is 9.21 Å². The summed E-state index contributed by atoms with van der Waals surface area (Å²) >= 11 is 6.05. The number of halogens is 1. The Labute approximate surface area is 141 Å². The van der Waals surface area contributed by atoms with Crippen LogP contribution in [0.3, 0.4) is 0 Å². The number of hydrogen-bond acceptors (Lipinski definition) is 4. The summed E-state index contributed by atoms with van der Waals surface area (Å²) in [7, 11) is 0. The first kappa shape index (κ1) is 17.3. The molecular weight excluding hydrogens is 314 g/mol. The number of carbonyl (C=O) groups is 1. The van der Waals surface area contributed by atoms with E-state index < -0.39 is 0 Å². The van der Waals surface area contributed by atoms with Crippen LogP contribution in [0.25, 0.3) is 0 Å². The molecular formula is C17H22ClN3O2. The molecule has 1 amide bonds. The fourth-order valence-electron chi connectivity index (χ4n) is 2.05. The molecule has 0 spiro atoms. The van der Waals surface area contributed by atoms with Crippen LogP contribution in [0.2, 0.25) is 5.02 Å². The monoisotopic (exact) mass is 335 g/mol. The van der Waals surface area contributed by atoms with Gasteiger partial charge in [0.05, 0.1) is 16.4 Å². The Kier molecular flexibility index (Phi) is 5.00. The van der Waals surface area contributed by atoms with Gasteiger partial charge < -0.3 is 15.5 Å². The third-order valence-electron chi connectivity index (χ3n) is 3.38. The van der Waals surface area contributed by atoms with Crippen molar-refractivity contribution >= 4 is 28.9 Å². The molecule has 0 fully saturated rings. The maximum atomic E-state index is 12.1. The largest absolute Gasteiger partial charge is 0.445 e. The second kappa shape index (κ2) is 6.62. The van der Waals surface area contributed by atoms with Crippen LogP contribution < -0.4 is 11.1 Å². The van der Waals surface area contributed by atoms with Gasteiger partial charge in [-0.1, -0.05) is 32.4 Å². The minimum atomic E-state index is -0.150. The molecule has 0 saturated carbocycles. The molecule has 2 rings (SSSR count). The van der Waals surface area contributed by atoms with E-state index in [1.165, 1.54) is 0 Å². The van der Waals surface area contributed by atoms with Crippen molar-refractivity contribution in [3.05, 3.63) is 40.6 Å². The molecule has 0 atom stereocenters. The number of benzene rings is 1. The van der Waals surface area contributed by atoms with E-state index in [0.717, 1.165) is 11.5 Å². The Morgan fingerprint density at radius 1 is 1.39 bits per heavy atom. The third-order valence-corrected chi connectivity index (χ3v) is 3.69. The summed E-state index contributed by atoms with van der Waals surface area (Å²) in [5.74, 6) is 1.30. The predicted octanol–water partition coefficient (Wildman–Crippen LogP) is 4.09. The maximum Gasteiger partial charge on any atom is 0.224 e. The van der Waals surface area contributed by atoms with Crippen LogP contribution >= 0.6 is 11.6 Å². The summed E-state index contributed by atoms with van der Waals surface area (Å²) in [6.07, 6.45) is 0.785. The second-order valence-corrected chi connectivity index (χ2v) is 6.97. The van der Waals surface area contributed by atoms with Crippen LogP contribution in [0.5, 0.6) is 0 Å². The molecule has 0 aliphatic carbocycles. The van der Waals surface area contributed by atoms with Crippen molar-refractivity contribution in [2.24, 2.45) is 0 Å². The highest BCUT2D eigenvalue weighted by molar-refractivity contribution is 6.34. The van der Waals surface area contributed by atoms with Crippen LogP contribution in [-0.2, 0) is 16.6 Å². The minimum absolute atomic E-state index is 0.134. The topological polar surface area (TPSA) is 81.2 Å². The SMILES string of the molecule is Cc1nc(C(C)(C)C)oc1CCC(=O)Nc1ccc(N)cc1Cl. The van der Waals surface area contributed by atoms with Gasteiger partial charge in [0.15, 0.2) is 5.89 Å². The van der Waals surface area contributed by atoms with Gasteiger partial charge in [-0.25, -0.2) is 4.98 Å². The highest BCUT2D eigenvalue weighted by Crippen LogP contribution is 2.26. The number of anilines is 2. The van der Waals surface area contributed by atoms with Gasteiger partial charge in [0.25, 0.3) is 0 Å². The Morgan fingerprint density at radius 2 is 2.09 bits per heavy atom. The van der Waals surface area contributed by atoms with Crippen LogP contribution in [0, 0.1) is 6.92 Å². The molecule has 2 aromatic rings. The lowest BCUT2D eigenvalue weighted by atomic mass is 9.97. The van der Waals surface area contributed by atoms with Gasteiger partial charge in [0, 0.05) is 23.9 Å². The van der Waals surface area contributed by atoms with Crippen molar-refractivity contribution in [3.8, 4) is 0 Å². The highest BCUT2D eigenvalue weighted by atomic mass is 35.5. The van der Waals surface area contributed by atoms with Gasteiger partial charge >= 0.3 is 0 Å². The Balaban J connectivity index is 1.98. The maximum absolute atomic E-state index is 12.1. The van der Waals surface area contributed by atoms with Crippen molar-refractivity contribution in [2.45, 2.75) is 46.0 Å². The first-order valence-corrected chi connectivity index (χ1v) is 7.86. The van der Waals surface area contributed by atoms with E-state index in [-0.39, 0.29) is 11.3 Å². The van der Waals surface area contributed by atoms with Gasteiger partial charge in [-0.3, -0.25) is 4.79 Å². The zero-order valence-electron chi connectivity index (χ0n) is 13.9. The van der Waals surface area contributed by atoms with Gasteiger partial charge in [0.2, 0.25) is 5.91 Å². The van der Waals surface area contributed by atoms with Crippen LogP contribution in [0.4, 0.5) is 11.4 Å². The number of rotatable bonds is 4. The number of nitrogens with zero attached hydrogens (tertiary/aromatic N) is 1. The van der Waals surface area contributed by atoms with E-state index in [0.29, 0.717) is 35.1 Å². The van der Waals surface area contributed by atoms with E-state index in [1.807, 2.05) is 27.7 Å². The molecule has 0 saturated heterocycles. The fourth-order valence-corrected chi connectivity index (χ4v) is 2.29. The van der Waals surface area contributed by atoms with Crippen LogP contribution in [-0.4, -0.2) is 10.9 Å². The lowest BCUT2D eigenvalue weighted by molar-refractivity contribution is -0.116. The average molecular weight is 336 g/mol. The van der Waals surface area contributed by atoms with E-state index in [1.54, 1.807) is 18.2 Å². The summed E-state index contributed by atoms with van der Waals surface area (Å²) in [6.45, 7) is 8.01. The fraction of sp³-hybridized carbons (Fsp3) is 0.412. The van der Waals surface area contributed by atoms with Crippen molar-refractivity contribution in [1.29, 1.82) is 0 Å². The first-order chi connectivity index (χ1) is 10.7. The van der Waals surface area contributed by atoms with E-state index in [4.69, 9.17) is 21.8 Å². The molecule has 0 bridgehead atoms. The molecule has 1 aromatic heterocycles. The normalized spacial score (nSPS) is 11.5. The summed E-state index contributed by atoms with van der Waals surface area (Å²) in [4.78, 5) is 16.5. The molecule has 0 aliphatic rings. The Morgan fingerprint density at radius 3 is 2.65 bits per heavy atom.